The minimum absolute atomic E-state index is 0.00753. The molecule has 112 valence electrons. The van der Waals surface area contributed by atoms with Gasteiger partial charge in [0.25, 0.3) is 5.91 Å². The van der Waals surface area contributed by atoms with E-state index in [1.165, 1.54) is 0 Å². The standard InChI is InChI=1S/C15H21N5O/c1-18-4-6-19(7-5-18)13-2-3-20(11-13)15(21)14-8-12(9-16)10-17-14/h8,10,13,17H,2-7,11H2,1H3. The first-order valence-electron chi connectivity index (χ1n) is 7.48. The molecule has 0 saturated carbocycles. The summed E-state index contributed by atoms with van der Waals surface area (Å²) in [6.45, 7) is 5.98. The molecule has 1 unspecified atom stereocenters. The molecule has 1 aromatic heterocycles. The smallest absolute Gasteiger partial charge is 0.270 e. The van der Waals surface area contributed by atoms with Crippen molar-refractivity contribution in [2.75, 3.05) is 46.3 Å². The molecular formula is C15H21N5O. The maximum absolute atomic E-state index is 12.4. The van der Waals surface area contributed by atoms with E-state index in [1.54, 1.807) is 12.3 Å². The lowest BCUT2D eigenvalue weighted by Crippen LogP contribution is -2.50. The average molecular weight is 287 g/mol. The second-order valence-electron chi connectivity index (χ2n) is 5.95. The topological polar surface area (TPSA) is 66.4 Å². The van der Waals surface area contributed by atoms with Crippen molar-refractivity contribution in [3.63, 3.8) is 0 Å². The van der Waals surface area contributed by atoms with Gasteiger partial charge in [-0.1, -0.05) is 0 Å². The van der Waals surface area contributed by atoms with Crippen LogP contribution in [0.1, 0.15) is 22.5 Å². The Morgan fingerprint density at radius 2 is 2.10 bits per heavy atom. The molecule has 3 heterocycles. The van der Waals surface area contributed by atoms with Gasteiger partial charge in [-0.15, -0.1) is 0 Å². The van der Waals surface area contributed by atoms with Gasteiger partial charge in [-0.05, 0) is 19.5 Å². The van der Waals surface area contributed by atoms with Crippen LogP contribution in [0.15, 0.2) is 12.3 Å². The summed E-state index contributed by atoms with van der Waals surface area (Å²) in [5.74, 6) is 0.00753. The molecule has 21 heavy (non-hydrogen) atoms. The Balaban J connectivity index is 1.59. The first-order valence-corrected chi connectivity index (χ1v) is 7.48. The van der Waals surface area contributed by atoms with E-state index >= 15 is 0 Å². The van der Waals surface area contributed by atoms with Crippen molar-refractivity contribution < 1.29 is 4.79 Å². The third kappa shape index (κ3) is 2.94. The summed E-state index contributed by atoms with van der Waals surface area (Å²) in [4.78, 5) is 22.1. The van der Waals surface area contributed by atoms with E-state index in [0.29, 0.717) is 17.3 Å². The van der Waals surface area contributed by atoms with Crippen molar-refractivity contribution in [3.8, 4) is 6.07 Å². The Hall–Kier alpha value is -1.84. The highest BCUT2D eigenvalue weighted by Gasteiger charge is 2.32. The zero-order valence-electron chi connectivity index (χ0n) is 12.4. The normalized spacial score (nSPS) is 24.2. The third-order valence-electron chi connectivity index (χ3n) is 4.55. The van der Waals surface area contributed by atoms with Gasteiger partial charge in [0.1, 0.15) is 11.8 Å². The Morgan fingerprint density at radius 1 is 1.33 bits per heavy atom. The number of H-pyrrole nitrogens is 1. The molecule has 1 aromatic rings. The maximum atomic E-state index is 12.4. The number of hydrogen-bond donors (Lipinski definition) is 1. The molecule has 2 aliphatic heterocycles. The summed E-state index contributed by atoms with van der Waals surface area (Å²) < 4.78 is 0. The van der Waals surface area contributed by atoms with Gasteiger partial charge >= 0.3 is 0 Å². The van der Waals surface area contributed by atoms with E-state index < -0.39 is 0 Å². The van der Waals surface area contributed by atoms with Crippen molar-refractivity contribution in [1.82, 2.24) is 19.7 Å². The van der Waals surface area contributed by atoms with Gasteiger partial charge in [0, 0.05) is 51.5 Å². The monoisotopic (exact) mass is 287 g/mol. The van der Waals surface area contributed by atoms with Crippen molar-refractivity contribution >= 4 is 5.91 Å². The van der Waals surface area contributed by atoms with Crippen LogP contribution in [0.4, 0.5) is 0 Å². The summed E-state index contributed by atoms with van der Waals surface area (Å²) in [7, 11) is 2.15. The molecule has 2 saturated heterocycles. The van der Waals surface area contributed by atoms with Gasteiger partial charge in [-0.3, -0.25) is 9.69 Å². The Morgan fingerprint density at radius 3 is 2.76 bits per heavy atom. The number of nitrogens with zero attached hydrogens (tertiary/aromatic N) is 4. The number of hydrogen-bond acceptors (Lipinski definition) is 4. The first kappa shape index (κ1) is 14.1. The number of aromatic amines is 1. The summed E-state index contributed by atoms with van der Waals surface area (Å²) in [5.41, 5.74) is 1.03. The summed E-state index contributed by atoms with van der Waals surface area (Å²) in [6, 6.07) is 4.15. The lowest BCUT2D eigenvalue weighted by Gasteiger charge is -2.36. The highest BCUT2D eigenvalue weighted by molar-refractivity contribution is 5.93. The number of rotatable bonds is 2. The van der Waals surface area contributed by atoms with Gasteiger partial charge in [-0.25, -0.2) is 0 Å². The number of piperazine rings is 1. The summed E-state index contributed by atoms with van der Waals surface area (Å²) >= 11 is 0. The van der Waals surface area contributed by atoms with Crippen molar-refractivity contribution in [1.29, 1.82) is 5.26 Å². The SMILES string of the molecule is CN1CCN(C2CCN(C(=O)c3cc(C#N)c[nH]3)C2)CC1. The fraction of sp³-hybridized carbons (Fsp3) is 0.600. The van der Waals surface area contributed by atoms with Gasteiger partial charge in [0.2, 0.25) is 0 Å². The number of carbonyl (C=O) groups is 1. The summed E-state index contributed by atoms with van der Waals surface area (Å²) in [5, 5.41) is 8.83. The van der Waals surface area contributed by atoms with E-state index in [4.69, 9.17) is 5.26 Å². The van der Waals surface area contributed by atoms with E-state index in [-0.39, 0.29) is 5.91 Å². The largest absolute Gasteiger partial charge is 0.356 e. The molecule has 0 aliphatic carbocycles. The predicted octanol–water partition coefficient (Wildman–Crippen LogP) is 0.348. The summed E-state index contributed by atoms with van der Waals surface area (Å²) in [6.07, 6.45) is 2.63. The average Bonchev–Trinajstić information content (AvgIpc) is 3.16. The fourth-order valence-electron chi connectivity index (χ4n) is 3.16. The molecule has 0 aromatic carbocycles. The number of likely N-dealkylation sites (N-methyl/N-ethyl adjacent to an activating group) is 1. The molecule has 0 bridgehead atoms. The van der Waals surface area contributed by atoms with E-state index in [2.05, 4.69) is 21.8 Å². The van der Waals surface area contributed by atoms with Crippen molar-refractivity contribution in [2.24, 2.45) is 0 Å². The van der Waals surface area contributed by atoms with Crippen LogP contribution >= 0.6 is 0 Å². The Bertz CT molecular complexity index is 553. The van der Waals surface area contributed by atoms with Crippen LogP contribution in [-0.4, -0.2) is 77.9 Å². The van der Waals surface area contributed by atoms with E-state index in [0.717, 1.165) is 45.7 Å². The quantitative estimate of drug-likeness (QED) is 0.852. The highest BCUT2D eigenvalue weighted by atomic mass is 16.2. The molecule has 0 radical (unpaired) electrons. The van der Waals surface area contributed by atoms with Crippen LogP contribution in [0.3, 0.4) is 0 Å². The van der Waals surface area contributed by atoms with Crippen LogP contribution in [0, 0.1) is 11.3 Å². The zero-order chi connectivity index (χ0) is 14.8. The molecule has 3 rings (SSSR count). The zero-order valence-corrected chi connectivity index (χ0v) is 12.4. The fourth-order valence-corrected chi connectivity index (χ4v) is 3.16. The number of carbonyl (C=O) groups excluding carboxylic acids is 1. The van der Waals surface area contributed by atoms with E-state index in [1.807, 2.05) is 11.0 Å². The Labute approximate surface area is 124 Å². The highest BCUT2D eigenvalue weighted by Crippen LogP contribution is 2.19. The van der Waals surface area contributed by atoms with Gasteiger partial charge in [-0.2, -0.15) is 5.26 Å². The second kappa shape index (κ2) is 5.88. The molecule has 1 amide bonds. The minimum Gasteiger partial charge on any atom is -0.356 e. The number of likely N-dealkylation sites (tertiary alicyclic amines) is 1. The number of amides is 1. The lowest BCUT2D eigenvalue weighted by atomic mass is 10.2. The second-order valence-corrected chi connectivity index (χ2v) is 5.95. The maximum Gasteiger partial charge on any atom is 0.270 e. The molecule has 0 spiro atoms. The van der Waals surface area contributed by atoms with Crippen LogP contribution in [0.5, 0.6) is 0 Å². The third-order valence-corrected chi connectivity index (χ3v) is 4.55. The first-order chi connectivity index (χ1) is 10.2. The molecule has 6 heteroatoms. The van der Waals surface area contributed by atoms with Crippen LogP contribution in [-0.2, 0) is 0 Å². The number of nitriles is 1. The lowest BCUT2D eigenvalue weighted by molar-refractivity contribution is 0.0750. The molecule has 1 N–H and O–H groups in total. The Kier molecular flexibility index (Phi) is 3.95. The molecule has 2 aliphatic rings. The van der Waals surface area contributed by atoms with Crippen LogP contribution in [0.2, 0.25) is 0 Å². The van der Waals surface area contributed by atoms with Crippen molar-refractivity contribution in [3.05, 3.63) is 23.5 Å². The molecular weight excluding hydrogens is 266 g/mol. The molecule has 6 nitrogen and oxygen atoms in total. The molecule has 2 fully saturated rings. The molecule has 1 atom stereocenters. The van der Waals surface area contributed by atoms with Gasteiger partial charge in [0.05, 0.1) is 5.56 Å². The van der Waals surface area contributed by atoms with E-state index in [9.17, 15) is 4.79 Å². The number of nitrogens with one attached hydrogen (secondary N) is 1. The van der Waals surface area contributed by atoms with Crippen LogP contribution < -0.4 is 0 Å². The van der Waals surface area contributed by atoms with Gasteiger partial charge in [0.15, 0.2) is 0 Å². The number of aromatic nitrogens is 1. The predicted molar refractivity (Wildman–Crippen MR) is 78.9 cm³/mol. The minimum atomic E-state index is 0.00753. The van der Waals surface area contributed by atoms with Gasteiger partial charge < -0.3 is 14.8 Å². The van der Waals surface area contributed by atoms with Crippen molar-refractivity contribution in [2.45, 2.75) is 12.5 Å². The van der Waals surface area contributed by atoms with Crippen LogP contribution in [0.25, 0.3) is 0 Å².